The van der Waals surface area contributed by atoms with Crippen molar-refractivity contribution in [2.24, 2.45) is 0 Å². The van der Waals surface area contributed by atoms with Gasteiger partial charge in [-0.25, -0.2) is 4.98 Å². The van der Waals surface area contributed by atoms with Gasteiger partial charge in [-0.15, -0.1) is 0 Å². The van der Waals surface area contributed by atoms with Crippen LogP contribution in [0.3, 0.4) is 0 Å². The average molecular weight is 446 g/mol. The lowest BCUT2D eigenvalue weighted by Crippen LogP contribution is -2.17. The van der Waals surface area contributed by atoms with Crippen molar-refractivity contribution in [2.45, 2.75) is 12.4 Å². The van der Waals surface area contributed by atoms with Crippen LogP contribution in [0.25, 0.3) is 11.4 Å². The largest absolute Gasteiger partial charge is 0.416 e. The predicted molar refractivity (Wildman–Crippen MR) is 99.3 cm³/mol. The van der Waals surface area contributed by atoms with Crippen LogP contribution in [0.15, 0.2) is 42.6 Å². The minimum absolute atomic E-state index is 0.0176. The van der Waals surface area contributed by atoms with Gasteiger partial charge in [0.25, 0.3) is 5.91 Å². The maximum absolute atomic E-state index is 13.0. The Morgan fingerprint density at radius 1 is 1.00 bits per heavy atom. The van der Waals surface area contributed by atoms with Crippen LogP contribution in [0, 0.1) is 0 Å². The fraction of sp³-hybridized carbons (Fsp3) is 0.167. The van der Waals surface area contributed by atoms with Crippen molar-refractivity contribution in [1.82, 2.24) is 9.97 Å². The molecule has 0 aliphatic rings. The first kappa shape index (κ1) is 21.6. The summed E-state index contributed by atoms with van der Waals surface area (Å²) in [5.74, 6) is -1.16. The number of pyridine rings is 1. The minimum Gasteiger partial charge on any atom is -0.378 e. The average Bonchev–Trinajstić information content (AvgIpc) is 3.09. The van der Waals surface area contributed by atoms with Gasteiger partial charge in [0, 0.05) is 18.8 Å². The first-order valence-electron chi connectivity index (χ1n) is 8.20. The topological polar surface area (TPSA) is 66.9 Å². The summed E-state index contributed by atoms with van der Waals surface area (Å²) in [5.41, 5.74) is -3.11. The Hall–Kier alpha value is -3.15. The van der Waals surface area contributed by atoms with Gasteiger partial charge in [0.15, 0.2) is 5.13 Å². The van der Waals surface area contributed by atoms with Crippen LogP contribution in [0.4, 0.5) is 36.5 Å². The second kappa shape index (κ2) is 7.94. The summed E-state index contributed by atoms with van der Waals surface area (Å²) >= 11 is 0.958. The van der Waals surface area contributed by atoms with Gasteiger partial charge in [0.1, 0.15) is 10.7 Å². The van der Waals surface area contributed by atoms with E-state index < -0.39 is 35.0 Å². The molecule has 12 heteroatoms. The lowest BCUT2D eigenvalue weighted by atomic mass is 10.0. The number of nitrogens with zero attached hydrogens (tertiary/aromatic N) is 2. The van der Waals surface area contributed by atoms with Gasteiger partial charge in [0.2, 0.25) is 0 Å². The fourth-order valence-electron chi connectivity index (χ4n) is 2.47. The Bertz CT molecular complexity index is 1030. The van der Waals surface area contributed by atoms with Crippen LogP contribution in [-0.4, -0.2) is 22.9 Å². The second-order valence-corrected chi connectivity index (χ2v) is 6.91. The second-order valence-electron chi connectivity index (χ2n) is 5.91. The number of rotatable bonds is 4. The Kier molecular flexibility index (Phi) is 5.70. The van der Waals surface area contributed by atoms with Crippen molar-refractivity contribution in [3.8, 4) is 11.4 Å². The third-order valence-corrected chi connectivity index (χ3v) is 4.82. The van der Waals surface area contributed by atoms with Crippen LogP contribution >= 0.6 is 11.3 Å². The predicted octanol–water partition coefficient (Wildman–Crippen LogP) is 5.54. The highest BCUT2D eigenvalue weighted by molar-refractivity contribution is 7.20. The highest BCUT2D eigenvalue weighted by Gasteiger charge is 2.37. The third kappa shape index (κ3) is 4.70. The summed E-state index contributed by atoms with van der Waals surface area (Å²) in [4.78, 5) is 20.7. The van der Waals surface area contributed by atoms with Crippen molar-refractivity contribution in [2.75, 3.05) is 17.7 Å². The highest BCUT2D eigenvalue weighted by atomic mass is 32.1. The van der Waals surface area contributed by atoms with Gasteiger partial charge >= 0.3 is 12.4 Å². The fourth-order valence-corrected chi connectivity index (χ4v) is 3.30. The van der Waals surface area contributed by atoms with Crippen molar-refractivity contribution in [1.29, 1.82) is 0 Å². The van der Waals surface area contributed by atoms with E-state index in [4.69, 9.17) is 0 Å². The smallest absolute Gasteiger partial charge is 0.378 e. The van der Waals surface area contributed by atoms with Gasteiger partial charge in [-0.05, 0) is 30.3 Å². The van der Waals surface area contributed by atoms with Gasteiger partial charge in [-0.3, -0.25) is 15.1 Å². The Morgan fingerprint density at radius 2 is 1.63 bits per heavy atom. The lowest BCUT2D eigenvalue weighted by molar-refractivity contribution is -0.143. The van der Waals surface area contributed by atoms with E-state index in [2.05, 4.69) is 20.6 Å². The summed E-state index contributed by atoms with van der Waals surface area (Å²) in [7, 11) is 1.59. The van der Waals surface area contributed by atoms with Crippen molar-refractivity contribution in [3.05, 3.63) is 59.3 Å². The molecule has 0 fully saturated rings. The summed E-state index contributed by atoms with van der Waals surface area (Å²) < 4.78 is 77.9. The van der Waals surface area contributed by atoms with Crippen LogP contribution in [0.5, 0.6) is 0 Å². The molecule has 0 bridgehead atoms. The summed E-state index contributed by atoms with van der Waals surface area (Å²) in [6.45, 7) is 0. The standard InChI is InChI=1S/C18H12F6N4OS/c1-25-15-13(12-4-2-3-5-26-12)27-16(30-15)28-14(29)9-6-10(17(19,20)21)8-11(7-9)18(22,23)24/h2-8,25H,1H3,(H,27,28,29). The van der Waals surface area contributed by atoms with E-state index in [0.717, 1.165) is 11.3 Å². The molecule has 3 aromatic rings. The molecule has 2 N–H and O–H groups in total. The van der Waals surface area contributed by atoms with Gasteiger partial charge in [0.05, 0.1) is 16.8 Å². The number of hydrogen-bond donors (Lipinski definition) is 2. The quantitative estimate of drug-likeness (QED) is 0.517. The molecule has 5 nitrogen and oxygen atoms in total. The van der Waals surface area contributed by atoms with Crippen LogP contribution in [-0.2, 0) is 12.4 Å². The highest BCUT2D eigenvalue weighted by Crippen LogP contribution is 2.37. The number of carbonyl (C=O) groups excluding carboxylic acids is 1. The van der Waals surface area contributed by atoms with Crippen LogP contribution in [0.2, 0.25) is 0 Å². The monoisotopic (exact) mass is 446 g/mol. The minimum atomic E-state index is -5.05. The maximum Gasteiger partial charge on any atom is 0.416 e. The summed E-state index contributed by atoms with van der Waals surface area (Å²) in [5, 5.41) is 5.59. The molecule has 0 saturated carbocycles. The molecule has 30 heavy (non-hydrogen) atoms. The molecule has 0 aliphatic carbocycles. The zero-order chi connectivity index (χ0) is 22.1. The molecular formula is C18H12F6N4OS. The molecule has 0 unspecified atom stereocenters. The third-order valence-electron chi connectivity index (χ3n) is 3.83. The van der Waals surface area contributed by atoms with E-state index in [0.29, 0.717) is 28.5 Å². The van der Waals surface area contributed by atoms with E-state index in [1.807, 2.05) is 0 Å². The van der Waals surface area contributed by atoms with Gasteiger partial charge in [-0.2, -0.15) is 26.3 Å². The molecule has 1 amide bonds. The van der Waals surface area contributed by atoms with Crippen molar-refractivity contribution >= 4 is 27.4 Å². The molecule has 3 rings (SSSR count). The van der Waals surface area contributed by atoms with Crippen molar-refractivity contribution < 1.29 is 31.1 Å². The van der Waals surface area contributed by atoms with E-state index >= 15 is 0 Å². The van der Waals surface area contributed by atoms with Crippen molar-refractivity contribution in [3.63, 3.8) is 0 Å². The Morgan fingerprint density at radius 3 is 2.13 bits per heavy atom. The number of carbonyl (C=O) groups is 1. The zero-order valence-corrected chi connectivity index (χ0v) is 15.8. The van der Waals surface area contributed by atoms with E-state index in [-0.39, 0.29) is 11.2 Å². The molecule has 0 atom stereocenters. The number of halogens is 6. The number of benzene rings is 1. The molecule has 1 aromatic carbocycles. The number of nitrogens with one attached hydrogen (secondary N) is 2. The Labute approximate surface area is 169 Å². The maximum atomic E-state index is 13.0. The molecule has 0 aliphatic heterocycles. The molecule has 0 spiro atoms. The normalized spacial score (nSPS) is 12.0. The number of anilines is 2. The van der Waals surface area contributed by atoms with Gasteiger partial charge < -0.3 is 5.32 Å². The summed E-state index contributed by atoms with van der Waals surface area (Å²) in [6, 6.07) is 5.72. The molecule has 0 radical (unpaired) electrons. The van der Waals surface area contributed by atoms with E-state index in [9.17, 15) is 31.1 Å². The van der Waals surface area contributed by atoms with E-state index in [1.165, 1.54) is 6.20 Å². The number of thiazole rings is 1. The molecular weight excluding hydrogens is 434 g/mol. The molecule has 158 valence electrons. The van der Waals surface area contributed by atoms with E-state index in [1.54, 1.807) is 25.2 Å². The van der Waals surface area contributed by atoms with Crippen LogP contribution in [0.1, 0.15) is 21.5 Å². The lowest BCUT2D eigenvalue weighted by Gasteiger charge is -2.13. The SMILES string of the molecule is CNc1sc(NC(=O)c2cc(C(F)(F)F)cc(C(F)(F)F)c2)nc1-c1ccccn1. The Balaban J connectivity index is 1.96. The summed E-state index contributed by atoms with van der Waals surface area (Å²) in [6.07, 6.45) is -8.58. The first-order chi connectivity index (χ1) is 14.0. The van der Waals surface area contributed by atoms with Crippen LogP contribution < -0.4 is 10.6 Å². The number of hydrogen-bond acceptors (Lipinski definition) is 5. The zero-order valence-electron chi connectivity index (χ0n) is 15.0. The number of aromatic nitrogens is 2. The number of alkyl halides is 6. The molecule has 0 saturated heterocycles. The molecule has 2 aromatic heterocycles. The van der Waals surface area contributed by atoms with Gasteiger partial charge in [-0.1, -0.05) is 17.4 Å². The number of amides is 1. The first-order valence-corrected chi connectivity index (χ1v) is 9.01. The molecule has 2 heterocycles.